The number of anilines is 1. The smallest absolute Gasteiger partial charge is 0.321 e. The lowest BCUT2D eigenvalue weighted by Gasteiger charge is -2.31. The fraction of sp³-hybridized carbons (Fsp3) is 0.350. The summed E-state index contributed by atoms with van der Waals surface area (Å²) in [6.45, 7) is 1.17. The number of carbonyl (C=O) groups excluding carboxylic acids is 1. The highest BCUT2D eigenvalue weighted by molar-refractivity contribution is 5.93. The van der Waals surface area contributed by atoms with E-state index >= 15 is 0 Å². The fourth-order valence-corrected chi connectivity index (χ4v) is 3.33. The van der Waals surface area contributed by atoms with Crippen LogP contribution in [0.15, 0.2) is 48.5 Å². The van der Waals surface area contributed by atoms with Gasteiger partial charge in [0.25, 0.3) is 0 Å². The van der Waals surface area contributed by atoms with Crippen molar-refractivity contribution in [3.05, 3.63) is 65.5 Å². The number of rotatable bonds is 4. The summed E-state index contributed by atoms with van der Waals surface area (Å²) in [7, 11) is 4.01. The van der Waals surface area contributed by atoms with E-state index in [0.29, 0.717) is 13.1 Å². The predicted molar refractivity (Wildman–Crippen MR) is 106 cm³/mol. The first kappa shape index (κ1) is 20.2. The molecule has 2 amide bonds. The van der Waals surface area contributed by atoms with Gasteiger partial charge in [-0.2, -0.15) is 0 Å². The first-order chi connectivity index (χ1) is 12.1. The van der Waals surface area contributed by atoms with Crippen LogP contribution in [0, 0.1) is 5.82 Å². The summed E-state index contributed by atoms with van der Waals surface area (Å²) in [6.07, 6.45) is 1.65. The maximum atomic E-state index is 13.4. The topological polar surface area (TPSA) is 35.6 Å². The SMILES string of the molecule is CN(C)C(CNC(=O)N1CCCc2cc(F)ccc21)c1ccccc1.Cl. The Balaban J connectivity index is 0.00000243. The zero-order valence-corrected chi connectivity index (χ0v) is 15.9. The van der Waals surface area contributed by atoms with Gasteiger partial charge in [0.1, 0.15) is 5.82 Å². The van der Waals surface area contributed by atoms with E-state index in [-0.39, 0.29) is 30.3 Å². The molecule has 2 aromatic carbocycles. The van der Waals surface area contributed by atoms with E-state index in [2.05, 4.69) is 22.3 Å². The second-order valence-corrected chi connectivity index (χ2v) is 6.60. The van der Waals surface area contributed by atoms with Crippen LogP contribution >= 0.6 is 12.4 Å². The summed E-state index contributed by atoms with van der Waals surface area (Å²) in [5, 5.41) is 3.04. The highest BCUT2D eigenvalue weighted by atomic mass is 35.5. The highest BCUT2D eigenvalue weighted by Crippen LogP contribution is 2.28. The molecular weight excluding hydrogens is 353 g/mol. The molecular formula is C20H25ClFN3O. The number of fused-ring (bicyclic) bond motifs is 1. The van der Waals surface area contributed by atoms with Crippen LogP contribution < -0.4 is 10.2 Å². The second kappa shape index (κ2) is 9.01. The van der Waals surface area contributed by atoms with Crippen molar-refractivity contribution in [1.82, 2.24) is 10.2 Å². The Morgan fingerprint density at radius 2 is 1.96 bits per heavy atom. The van der Waals surface area contributed by atoms with E-state index in [9.17, 15) is 9.18 Å². The Kier molecular flexibility index (Phi) is 7.00. The molecule has 3 rings (SSSR count). The number of nitrogens with zero attached hydrogens (tertiary/aromatic N) is 2. The number of carbonyl (C=O) groups is 1. The third kappa shape index (κ3) is 4.54. The molecule has 0 spiro atoms. The van der Waals surface area contributed by atoms with Crippen LogP contribution in [0.5, 0.6) is 0 Å². The summed E-state index contributed by atoms with van der Waals surface area (Å²) in [6, 6.07) is 14.7. The maximum absolute atomic E-state index is 13.4. The molecule has 1 N–H and O–H groups in total. The van der Waals surface area contributed by atoms with Crippen molar-refractivity contribution in [3.8, 4) is 0 Å². The van der Waals surface area contributed by atoms with Crippen LogP contribution in [0.4, 0.5) is 14.9 Å². The largest absolute Gasteiger partial charge is 0.336 e. The van der Waals surface area contributed by atoms with E-state index in [0.717, 1.165) is 29.7 Å². The number of nitrogens with one attached hydrogen (secondary N) is 1. The predicted octanol–water partition coefficient (Wildman–Crippen LogP) is 4.01. The van der Waals surface area contributed by atoms with Gasteiger partial charge in [-0.1, -0.05) is 30.3 Å². The lowest BCUT2D eigenvalue weighted by molar-refractivity contribution is 0.237. The Hall–Kier alpha value is -2.11. The fourth-order valence-electron chi connectivity index (χ4n) is 3.33. The minimum atomic E-state index is -0.252. The summed E-state index contributed by atoms with van der Waals surface area (Å²) in [5.41, 5.74) is 2.87. The van der Waals surface area contributed by atoms with Crippen LogP contribution in [0.1, 0.15) is 23.6 Å². The van der Waals surface area contributed by atoms with E-state index < -0.39 is 0 Å². The van der Waals surface area contributed by atoms with Crippen molar-refractivity contribution in [3.63, 3.8) is 0 Å². The zero-order valence-electron chi connectivity index (χ0n) is 15.1. The first-order valence-electron chi connectivity index (χ1n) is 8.61. The number of urea groups is 1. The average Bonchev–Trinajstić information content (AvgIpc) is 2.61. The molecule has 0 saturated heterocycles. The lowest BCUT2D eigenvalue weighted by atomic mass is 10.0. The molecule has 0 bridgehead atoms. The number of amides is 2. The molecule has 0 aromatic heterocycles. The molecule has 4 nitrogen and oxygen atoms in total. The molecule has 0 saturated carbocycles. The van der Waals surface area contributed by atoms with Gasteiger partial charge in [-0.25, -0.2) is 9.18 Å². The standard InChI is InChI=1S/C20H24FN3O.ClH/c1-23(2)19(15-7-4-3-5-8-15)14-22-20(25)24-12-6-9-16-13-17(21)10-11-18(16)24;/h3-5,7-8,10-11,13,19H,6,9,12,14H2,1-2H3,(H,22,25);1H. The number of likely N-dealkylation sites (N-methyl/N-ethyl adjacent to an activating group) is 1. The van der Waals surface area contributed by atoms with Crippen molar-refractivity contribution in [1.29, 1.82) is 0 Å². The molecule has 140 valence electrons. The quantitative estimate of drug-likeness (QED) is 0.873. The summed E-state index contributed by atoms with van der Waals surface area (Å²) < 4.78 is 13.4. The van der Waals surface area contributed by atoms with E-state index in [1.807, 2.05) is 32.3 Å². The van der Waals surface area contributed by atoms with Gasteiger partial charge in [-0.3, -0.25) is 4.90 Å². The van der Waals surface area contributed by atoms with Crippen LogP contribution in [0.25, 0.3) is 0 Å². The molecule has 6 heteroatoms. The van der Waals surface area contributed by atoms with Gasteiger partial charge in [0.15, 0.2) is 0 Å². The average molecular weight is 378 g/mol. The van der Waals surface area contributed by atoms with Gasteiger partial charge in [0.05, 0.1) is 6.04 Å². The molecule has 0 fully saturated rings. The molecule has 1 unspecified atom stereocenters. The van der Waals surface area contributed by atoms with Crippen molar-refractivity contribution >= 4 is 24.1 Å². The van der Waals surface area contributed by atoms with Gasteiger partial charge in [-0.05, 0) is 56.3 Å². The molecule has 1 atom stereocenters. The van der Waals surface area contributed by atoms with Crippen molar-refractivity contribution < 1.29 is 9.18 Å². The summed E-state index contributed by atoms with van der Waals surface area (Å²) in [4.78, 5) is 16.5. The Morgan fingerprint density at radius 3 is 2.65 bits per heavy atom. The van der Waals surface area contributed by atoms with Gasteiger partial charge in [-0.15, -0.1) is 12.4 Å². The van der Waals surface area contributed by atoms with Gasteiger partial charge >= 0.3 is 6.03 Å². The van der Waals surface area contributed by atoms with Crippen molar-refractivity contribution in [2.24, 2.45) is 0 Å². The van der Waals surface area contributed by atoms with Gasteiger partial charge in [0, 0.05) is 18.8 Å². The minimum Gasteiger partial charge on any atom is -0.336 e. The third-order valence-electron chi connectivity index (χ3n) is 4.66. The minimum absolute atomic E-state index is 0. The van der Waals surface area contributed by atoms with Crippen molar-refractivity contribution in [2.75, 3.05) is 32.1 Å². The molecule has 1 heterocycles. The molecule has 26 heavy (non-hydrogen) atoms. The Morgan fingerprint density at radius 1 is 1.23 bits per heavy atom. The number of hydrogen-bond donors (Lipinski definition) is 1. The van der Waals surface area contributed by atoms with Gasteiger partial charge in [0.2, 0.25) is 0 Å². The van der Waals surface area contributed by atoms with Crippen LogP contribution in [0.2, 0.25) is 0 Å². The Bertz CT molecular complexity index is 739. The Labute approximate surface area is 160 Å². The third-order valence-corrected chi connectivity index (χ3v) is 4.66. The summed E-state index contributed by atoms with van der Waals surface area (Å²) >= 11 is 0. The van der Waals surface area contributed by atoms with E-state index in [4.69, 9.17) is 0 Å². The van der Waals surface area contributed by atoms with Gasteiger partial charge < -0.3 is 10.2 Å². The molecule has 0 aliphatic carbocycles. The molecule has 1 aliphatic heterocycles. The van der Waals surface area contributed by atoms with Crippen molar-refractivity contribution in [2.45, 2.75) is 18.9 Å². The number of benzene rings is 2. The lowest BCUT2D eigenvalue weighted by Crippen LogP contribution is -2.45. The summed E-state index contributed by atoms with van der Waals surface area (Å²) in [5.74, 6) is -0.252. The second-order valence-electron chi connectivity index (χ2n) is 6.60. The maximum Gasteiger partial charge on any atom is 0.321 e. The van der Waals surface area contributed by atoms with E-state index in [1.54, 1.807) is 11.0 Å². The monoisotopic (exact) mass is 377 g/mol. The number of halogens is 2. The normalized spacial score (nSPS) is 14.4. The highest BCUT2D eigenvalue weighted by Gasteiger charge is 2.24. The zero-order chi connectivity index (χ0) is 17.8. The number of aryl methyl sites for hydroxylation is 1. The van der Waals surface area contributed by atoms with Crippen LogP contribution in [-0.2, 0) is 6.42 Å². The first-order valence-corrected chi connectivity index (χ1v) is 8.61. The molecule has 1 aliphatic rings. The van der Waals surface area contributed by atoms with Crippen LogP contribution in [-0.4, -0.2) is 38.1 Å². The molecule has 2 aromatic rings. The van der Waals surface area contributed by atoms with Crippen LogP contribution in [0.3, 0.4) is 0 Å². The van der Waals surface area contributed by atoms with E-state index in [1.165, 1.54) is 12.1 Å². The molecule has 0 radical (unpaired) electrons. The number of hydrogen-bond acceptors (Lipinski definition) is 2.